The number of carboxylic acid groups (broad SMARTS) is 1. The Morgan fingerprint density at radius 1 is 1.19 bits per heavy atom. The number of para-hydroxylation sites is 1. The lowest BCUT2D eigenvalue weighted by Gasteiger charge is -2.38. The molecule has 0 aliphatic carbocycles. The summed E-state index contributed by atoms with van der Waals surface area (Å²) in [5.41, 5.74) is 3.15. The zero-order chi connectivity index (χ0) is 18.8. The van der Waals surface area contributed by atoms with Gasteiger partial charge in [0, 0.05) is 23.2 Å². The quantitative estimate of drug-likeness (QED) is 0.708. The highest BCUT2D eigenvalue weighted by molar-refractivity contribution is 6.30. The molecule has 1 aliphatic rings. The zero-order valence-corrected chi connectivity index (χ0v) is 15.6. The molecular weight excluding hydrogens is 360 g/mol. The third kappa shape index (κ3) is 3.68. The molecule has 138 valence electrons. The lowest BCUT2D eigenvalue weighted by Crippen LogP contribution is -2.41. The summed E-state index contributed by atoms with van der Waals surface area (Å²) >= 11 is 6.29. The zero-order valence-electron chi connectivity index (χ0n) is 14.9. The summed E-state index contributed by atoms with van der Waals surface area (Å²) in [6.45, 7) is 1.39. The van der Waals surface area contributed by atoms with Crippen molar-refractivity contribution in [1.82, 2.24) is 9.88 Å². The van der Waals surface area contributed by atoms with E-state index in [2.05, 4.69) is 22.0 Å². The SMILES string of the molecule is O=C(O)C1CCCN(C(c2cccc(Cl)c2)c2ccnc3ccccc23)C1. The maximum Gasteiger partial charge on any atom is 0.307 e. The Balaban J connectivity index is 1.84. The molecule has 2 heterocycles. The molecule has 0 bridgehead atoms. The molecule has 3 aromatic rings. The number of hydrogen-bond donors (Lipinski definition) is 1. The Morgan fingerprint density at radius 3 is 2.85 bits per heavy atom. The van der Waals surface area contributed by atoms with Gasteiger partial charge in [0.25, 0.3) is 0 Å². The molecule has 0 radical (unpaired) electrons. The van der Waals surface area contributed by atoms with Gasteiger partial charge in [-0.2, -0.15) is 0 Å². The number of pyridine rings is 1. The number of aliphatic carboxylic acids is 1. The molecule has 5 heteroatoms. The van der Waals surface area contributed by atoms with Crippen LogP contribution < -0.4 is 0 Å². The molecule has 27 heavy (non-hydrogen) atoms. The van der Waals surface area contributed by atoms with E-state index in [1.165, 1.54) is 0 Å². The van der Waals surface area contributed by atoms with E-state index < -0.39 is 5.97 Å². The van der Waals surface area contributed by atoms with E-state index in [4.69, 9.17) is 11.6 Å². The van der Waals surface area contributed by atoms with Crippen LogP contribution in [0.3, 0.4) is 0 Å². The minimum Gasteiger partial charge on any atom is -0.481 e. The van der Waals surface area contributed by atoms with Gasteiger partial charge in [-0.05, 0) is 54.8 Å². The van der Waals surface area contributed by atoms with Crippen molar-refractivity contribution in [3.05, 3.63) is 76.9 Å². The third-order valence-corrected chi connectivity index (χ3v) is 5.54. The Kier molecular flexibility index (Phi) is 5.10. The summed E-state index contributed by atoms with van der Waals surface area (Å²) < 4.78 is 0. The molecule has 1 fully saturated rings. The van der Waals surface area contributed by atoms with Crippen LogP contribution in [-0.2, 0) is 4.79 Å². The van der Waals surface area contributed by atoms with Crippen LogP contribution in [0.1, 0.15) is 30.0 Å². The number of benzene rings is 2. The first-order valence-electron chi connectivity index (χ1n) is 9.19. The smallest absolute Gasteiger partial charge is 0.307 e. The molecule has 1 N–H and O–H groups in total. The number of nitrogens with zero attached hydrogens (tertiary/aromatic N) is 2. The van der Waals surface area contributed by atoms with Gasteiger partial charge in [0.05, 0.1) is 17.5 Å². The number of piperidine rings is 1. The van der Waals surface area contributed by atoms with Gasteiger partial charge in [-0.15, -0.1) is 0 Å². The summed E-state index contributed by atoms with van der Waals surface area (Å²) in [4.78, 5) is 18.4. The van der Waals surface area contributed by atoms with Crippen molar-refractivity contribution in [3.8, 4) is 0 Å². The molecule has 2 aromatic carbocycles. The first kappa shape index (κ1) is 18.0. The Hall–Kier alpha value is -2.43. The van der Waals surface area contributed by atoms with Crippen molar-refractivity contribution in [2.24, 2.45) is 5.92 Å². The standard InChI is InChI=1S/C22H21ClN2O2/c23-17-7-3-5-15(13-17)21(25-12-4-6-16(14-25)22(26)27)19-10-11-24-20-9-2-1-8-18(19)20/h1-3,5,7-11,13,16,21H,4,6,12,14H2,(H,26,27). The summed E-state index contributed by atoms with van der Waals surface area (Å²) in [5.74, 6) is -1.06. The number of hydrogen-bond acceptors (Lipinski definition) is 3. The van der Waals surface area contributed by atoms with Crippen molar-refractivity contribution in [2.45, 2.75) is 18.9 Å². The van der Waals surface area contributed by atoms with Gasteiger partial charge in [-0.25, -0.2) is 0 Å². The first-order chi connectivity index (χ1) is 13.1. The Bertz CT molecular complexity index is 970. The molecule has 4 nitrogen and oxygen atoms in total. The van der Waals surface area contributed by atoms with Crippen LogP contribution >= 0.6 is 11.6 Å². The summed E-state index contributed by atoms with van der Waals surface area (Å²) in [6.07, 6.45) is 3.43. The highest BCUT2D eigenvalue weighted by Crippen LogP contribution is 2.36. The number of likely N-dealkylation sites (tertiary alicyclic amines) is 1. The maximum absolute atomic E-state index is 11.6. The lowest BCUT2D eigenvalue weighted by atomic mass is 9.90. The molecule has 1 aromatic heterocycles. The van der Waals surface area contributed by atoms with Crippen molar-refractivity contribution in [3.63, 3.8) is 0 Å². The number of aromatic nitrogens is 1. The fourth-order valence-electron chi connectivity index (χ4n) is 4.06. The predicted molar refractivity (Wildman–Crippen MR) is 107 cm³/mol. The van der Waals surface area contributed by atoms with Gasteiger partial charge < -0.3 is 5.11 Å². The van der Waals surface area contributed by atoms with Gasteiger partial charge in [0.15, 0.2) is 0 Å². The van der Waals surface area contributed by atoms with Crippen molar-refractivity contribution in [2.75, 3.05) is 13.1 Å². The maximum atomic E-state index is 11.6. The molecule has 2 unspecified atom stereocenters. The summed E-state index contributed by atoms with van der Waals surface area (Å²) in [7, 11) is 0. The monoisotopic (exact) mass is 380 g/mol. The highest BCUT2D eigenvalue weighted by Gasteiger charge is 2.32. The van der Waals surface area contributed by atoms with Crippen molar-refractivity contribution >= 4 is 28.5 Å². The van der Waals surface area contributed by atoms with Crippen molar-refractivity contribution in [1.29, 1.82) is 0 Å². The van der Waals surface area contributed by atoms with Gasteiger partial charge in [-0.1, -0.05) is 41.9 Å². The van der Waals surface area contributed by atoms with Crippen LogP contribution in [0, 0.1) is 5.92 Å². The number of carboxylic acids is 1. The molecule has 1 aliphatic heterocycles. The fraction of sp³-hybridized carbons (Fsp3) is 0.273. The van der Waals surface area contributed by atoms with Crippen LogP contribution in [0.4, 0.5) is 0 Å². The van der Waals surface area contributed by atoms with Gasteiger partial charge in [0.1, 0.15) is 0 Å². The van der Waals surface area contributed by atoms with Crippen LogP contribution in [0.15, 0.2) is 60.8 Å². The van der Waals surface area contributed by atoms with E-state index >= 15 is 0 Å². The van der Waals surface area contributed by atoms with E-state index in [-0.39, 0.29) is 12.0 Å². The van der Waals surface area contributed by atoms with E-state index in [1.807, 2.05) is 48.7 Å². The van der Waals surface area contributed by atoms with Crippen LogP contribution in [0.5, 0.6) is 0 Å². The molecule has 0 saturated carbocycles. The second-order valence-electron chi connectivity index (χ2n) is 7.05. The van der Waals surface area contributed by atoms with E-state index in [0.29, 0.717) is 11.6 Å². The molecule has 2 atom stereocenters. The Morgan fingerprint density at radius 2 is 2.04 bits per heavy atom. The van der Waals surface area contributed by atoms with Crippen LogP contribution in [-0.4, -0.2) is 34.0 Å². The molecule has 0 amide bonds. The average molecular weight is 381 g/mol. The third-order valence-electron chi connectivity index (χ3n) is 5.31. The van der Waals surface area contributed by atoms with Crippen molar-refractivity contribution < 1.29 is 9.90 Å². The Labute approximate surface area is 163 Å². The van der Waals surface area contributed by atoms with Crippen LogP contribution in [0.25, 0.3) is 10.9 Å². The number of halogens is 1. The topological polar surface area (TPSA) is 53.4 Å². The predicted octanol–water partition coefficient (Wildman–Crippen LogP) is 4.77. The van der Waals surface area contributed by atoms with E-state index in [1.54, 1.807) is 0 Å². The number of carbonyl (C=O) groups is 1. The highest BCUT2D eigenvalue weighted by atomic mass is 35.5. The normalized spacial score (nSPS) is 19.1. The first-order valence-corrected chi connectivity index (χ1v) is 9.57. The fourth-order valence-corrected chi connectivity index (χ4v) is 4.26. The second kappa shape index (κ2) is 7.67. The average Bonchev–Trinajstić information content (AvgIpc) is 2.69. The molecule has 0 spiro atoms. The second-order valence-corrected chi connectivity index (χ2v) is 7.48. The molecule has 1 saturated heterocycles. The van der Waals surface area contributed by atoms with E-state index in [0.717, 1.165) is 41.4 Å². The van der Waals surface area contributed by atoms with Gasteiger partial charge >= 0.3 is 5.97 Å². The number of fused-ring (bicyclic) bond motifs is 1. The molecular formula is C22H21ClN2O2. The minimum atomic E-state index is -0.718. The van der Waals surface area contributed by atoms with Gasteiger partial charge in [-0.3, -0.25) is 14.7 Å². The van der Waals surface area contributed by atoms with Gasteiger partial charge in [0.2, 0.25) is 0 Å². The minimum absolute atomic E-state index is 0.0567. The summed E-state index contributed by atoms with van der Waals surface area (Å²) in [5, 5.41) is 11.3. The van der Waals surface area contributed by atoms with E-state index in [9.17, 15) is 9.90 Å². The lowest BCUT2D eigenvalue weighted by molar-refractivity contribution is -0.143. The summed E-state index contributed by atoms with van der Waals surface area (Å²) in [6, 6.07) is 17.9. The molecule has 4 rings (SSSR count). The number of rotatable bonds is 4. The van der Waals surface area contributed by atoms with Crippen LogP contribution in [0.2, 0.25) is 5.02 Å². The largest absolute Gasteiger partial charge is 0.481 e.